The number of hydrogen-bond acceptors (Lipinski definition) is 8. The van der Waals surface area contributed by atoms with Gasteiger partial charge >= 0.3 is 11.4 Å². The molecule has 0 spiro atoms. The topological polar surface area (TPSA) is 173 Å². The number of nitro groups is 4. The van der Waals surface area contributed by atoms with E-state index in [0.29, 0.717) is 22.3 Å². The summed E-state index contributed by atoms with van der Waals surface area (Å²) in [6.45, 7) is 7.68. The van der Waals surface area contributed by atoms with Crippen LogP contribution in [0.15, 0.2) is 48.5 Å². The van der Waals surface area contributed by atoms with Crippen molar-refractivity contribution in [1.29, 1.82) is 0 Å². The van der Waals surface area contributed by atoms with Crippen LogP contribution in [0.3, 0.4) is 0 Å². The molecule has 0 aliphatic heterocycles. The average molecular weight is 516 g/mol. The molecule has 3 aliphatic rings. The Labute approximate surface area is 214 Å². The first-order chi connectivity index (χ1) is 17.7. The van der Waals surface area contributed by atoms with Crippen molar-refractivity contribution in [2.45, 2.75) is 43.9 Å². The zero-order valence-corrected chi connectivity index (χ0v) is 20.7. The second-order valence-electron chi connectivity index (χ2n) is 10.9. The molecule has 4 unspecified atom stereocenters. The van der Waals surface area contributed by atoms with E-state index in [0.717, 1.165) is 11.1 Å². The van der Waals surface area contributed by atoms with Gasteiger partial charge in [0.2, 0.25) is 0 Å². The Morgan fingerprint density at radius 2 is 0.789 bits per heavy atom. The van der Waals surface area contributed by atoms with Gasteiger partial charge in [0.05, 0.1) is 19.7 Å². The lowest BCUT2D eigenvalue weighted by molar-refractivity contribution is -0.422. The predicted octanol–water partition coefficient (Wildman–Crippen LogP) is 5.58. The Hall–Kier alpha value is -4.74. The van der Waals surface area contributed by atoms with Gasteiger partial charge in [-0.2, -0.15) is 0 Å². The van der Waals surface area contributed by atoms with E-state index in [-0.39, 0.29) is 11.4 Å². The molecule has 12 heteroatoms. The summed E-state index contributed by atoms with van der Waals surface area (Å²) in [7, 11) is 0. The second-order valence-corrected chi connectivity index (χ2v) is 10.9. The van der Waals surface area contributed by atoms with Crippen LogP contribution in [0.4, 0.5) is 22.7 Å². The van der Waals surface area contributed by atoms with Gasteiger partial charge in [-0.25, -0.2) is 0 Å². The minimum Gasteiger partial charge on any atom is -0.258 e. The van der Waals surface area contributed by atoms with Gasteiger partial charge in [-0.3, -0.25) is 40.5 Å². The number of fused-ring (bicyclic) bond motifs is 9. The maximum Gasteiger partial charge on any atom is 0.346 e. The van der Waals surface area contributed by atoms with Crippen LogP contribution >= 0.6 is 0 Å². The molecule has 0 N–H and O–H groups in total. The van der Waals surface area contributed by atoms with Crippen LogP contribution in [0.2, 0.25) is 0 Å². The fourth-order valence-electron chi connectivity index (χ4n) is 8.24. The van der Waals surface area contributed by atoms with Gasteiger partial charge in [0.25, 0.3) is 11.4 Å². The molecule has 0 bridgehead atoms. The Morgan fingerprint density at radius 3 is 1.11 bits per heavy atom. The highest BCUT2D eigenvalue weighted by Gasteiger charge is 2.80. The summed E-state index contributed by atoms with van der Waals surface area (Å²) in [5.74, 6) is 0. The summed E-state index contributed by atoms with van der Waals surface area (Å²) in [5, 5.41) is 47.4. The lowest BCUT2D eigenvalue weighted by Crippen LogP contribution is -2.51. The van der Waals surface area contributed by atoms with E-state index in [1.807, 2.05) is 27.7 Å². The van der Waals surface area contributed by atoms with Gasteiger partial charge in [0.1, 0.15) is 0 Å². The SMILES string of the molecule is CC12c3ccc([N+](=O)[O-])cc3C3(C)c4cc([N+](=O)[O-])c([N+](=O)[O-])cc4C(C)(c4ccc([N+](=O)[O-])cc41)C23C. The monoisotopic (exact) mass is 516 g/mol. The van der Waals surface area contributed by atoms with E-state index in [4.69, 9.17) is 0 Å². The highest BCUT2D eigenvalue weighted by Crippen LogP contribution is 2.82. The maximum atomic E-state index is 11.9. The summed E-state index contributed by atoms with van der Waals surface area (Å²) >= 11 is 0. The molecular weight excluding hydrogens is 496 g/mol. The van der Waals surface area contributed by atoms with Gasteiger partial charge in [0.15, 0.2) is 0 Å². The maximum absolute atomic E-state index is 11.9. The van der Waals surface area contributed by atoms with Gasteiger partial charge in [-0.15, -0.1) is 0 Å². The smallest absolute Gasteiger partial charge is 0.258 e. The molecule has 3 aromatic rings. The Kier molecular flexibility index (Phi) is 4.09. The molecular formula is C26H20N4O8. The van der Waals surface area contributed by atoms with E-state index in [1.165, 1.54) is 36.4 Å². The molecule has 6 rings (SSSR count). The Morgan fingerprint density at radius 1 is 0.474 bits per heavy atom. The standard InChI is InChI=1S/C26H20N4O8/c1-23-16-8-6-14(28(33)34)10-18(16)25(3)20-12-22(30(37)38)21(29(35)36)11-19(20)24(2,26(23,25)4)15-7-5-13(27(31)32)9-17(15)23/h5-12H,1-4H3. The molecule has 3 aromatic carbocycles. The molecule has 3 aliphatic carbocycles. The number of rotatable bonds is 4. The van der Waals surface area contributed by atoms with Crippen LogP contribution in [-0.2, 0) is 16.2 Å². The van der Waals surface area contributed by atoms with Crippen LogP contribution < -0.4 is 0 Å². The van der Waals surface area contributed by atoms with Crippen molar-refractivity contribution in [1.82, 2.24) is 0 Å². The van der Waals surface area contributed by atoms with Crippen LogP contribution in [0, 0.1) is 45.9 Å². The summed E-state index contributed by atoms with van der Waals surface area (Å²) in [4.78, 5) is 44.8. The molecule has 0 amide bonds. The zero-order chi connectivity index (χ0) is 27.7. The molecule has 12 nitrogen and oxygen atoms in total. The van der Waals surface area contributed by atoms with Gasteiger partial charge in [0, 0.05) is 58.1 Å². The van der Waals surface area contributed by atoms with Crippen LogP contribution in [0.1, 0.15) is 61.1 Å². The van der Waals surface area contributed by atoms with Crippen molar-refractivity contribution < 1.29 is 19.7 Å². The molecule has 0 fully saturated rings. The van der Waals surface area contributed by atoms with Crippen LogP contribution in [0.25, 0.3) is 0 Å². The van der Waals surface area contributed by atoms with Crippen molar-refractivity contribution in [3.63, 3.8) is 0 Å². The molecule has 0 radical (unpaired) electrons. The molecule has 4 atom stereocenters. The highest BCUT2D eigenvalue weighted by molar-refractivity contribution is 5.80. The third kappa shape index (κ3) is 2.12. The Balaban J connectivity index is 1.86. The third-order valence-electron chi connectivity index (χ3n) is 10.2. The lowest BCUT2D eigenvalue weighted by atomic mass is 9.52. The van der Waals surface area contributed by atoms with Crippen molar-refractivity contribution >= 4 is 22.7 Å². The summed E-state index contributed by atoms with van der Waals surface area (Å²) in [6, 6.07) is 11.6. The molecule has 0 saturated heterocycles. The minimum absolute atomic E-state index is 0.121. The van der Waals surface area contributed by atoms with E-state index in [9.17, 15) is 40.5 Å². The van der Waals surface area contributed by atoms with Crippen molar-refractivity contribution in [2.24, 2.45) is 5.41 Å². The highest BCUT2D eigenvalue weighted by atomic mass is 16.6. The second kappa shape index (κ2) is 6.57. The average Bonchev–Trinajstić information content (AvgIpc) is 3.22. The minimum atomic E-state index is -1.07. The largest absolute Gasteiger partial charge is 0.346 e. The fourth-order valence-corrected chi connectivity index (χ4v) is 8.24. The molecule has 192 valence electrons. The Bertz CT molecular complexity index is 1710. The number of nitro benzene ring substituents is 4. The van der Waals surface area contributed by atoms with Crippen LogP contribution in [0.5, 0.6) is 0 Å². The van der Waals surface area contributed by atoms with Crippen molar-refractivity contribution in [3.8, 4) is 0 Å². The van der Waals surface area contributed by atoms with Gasteiger partial charge in [-0.05, 0) is 33.4 Å². The van der Waals surface area contributed by atoms with Crippen LogP contribution in [-0.4, -0.2) is 19.7 Å². The first kappa shape index (κ1) is 23.6. The number of non-ortho nitro benzene ring substituents is 2. The summed E-state index contributed by atoms with van der Waals surface area (Å²) < 4.78 is 0. The van der Waals surface area contributed by atoms with E-state index < -0.39 is 52.7 Å². The van der Waals surface area contributed by atoms with E-state index in [2.05, 4.69) is 0 Å². The summed E-state index contributed by atoms with van der Waals surface area (Å²) in [5.41, 5.74) is -1.81. The molecule has 0 aromatic heterocycles. The van der Waals surface area contributed by atoms with Gasteiger partial charge in [-0.1, -0.05) is 39.8 Å². The predicted molar refractivity (Wildman–Crippen MR) is 133 cm³/mol. The van der Waals surface area contributed by atoms with Crippen molar-refractivity contribution in [2.75, 3.05) is 0 Å². The fraction of sp³-hybridized carbons (Fsp3) is 0.308. The van der Waals surface area contributed by atoms with E-state index >= 15 is 0 Å². The number of hydrogen-bond donors (Lipinski definition) is 0. The van der Waals surface area contributed by atoms with E-state index in [1.54, 1.807) is 12.1 Å². The molecule has 0 saturated carbocycles. The number of benzene rings is 3. The third-order valence-corrected chi connectivity index (χ3v) is 10.2. The summed E-state index contributed by atoms with van der Waals surface area (Å²) in [6.07, 6.45) is 0. The first-order valence-corrected chi connectivity index (χ1v) is 11.7. The van der Waals surface area contributed by atoms with Gasteiger partial charge < -0.3 is 0 Å². The first-order valence-electron chi connectivity index (χ1n) is 11.7. The lowest BCUT2D eigenvalue weighted by Gasteiger charge is -2.49. The zero-order valence-electron chi connectivity index (χ0n) is 20.7. The van der Waals surface area contributed by atoms with Crippen molar-refractivity contribution in [3.05, 3.63) is 122 Å². The molecule has 0 heterocycles. The quantitative estimate of drug-likeness (QED) is 0.319. The molecule has 38 heavy (non-hydrogen) atoms. The number of nitrogens with zero attached hydrogens (tertiary/aromatic N) is 4. The normalized spacial score (nSPS) is 29.3.